The molecule has 0 bridgehead atoms. The highest BCUT2D eigenvalue weighted by Gasteiger charge is 2.40. The van der Waals surface area contributed by atoms with E-state index in [1.807, 2.05) is 0 Å². The summed E-state index contributed by atoms with van der Waals surface area (Å²) >= 11 is 6.11. The largest absolute Gasteiger partial charge is 0.269 e. The van der Waals surface area contributed by atoms with Crippen molar-refractivity contribution >= 4 is 27.5 Å². The third kappa shape index (κ3) is 2.65. The average Bonchev–Trinajstić information content (AvgIpc) is 3.17. The van der Waals surface area contributed by atoms with Crippen molar-refractivity contribution < 1.29 is 13.2 Å². The number of carbonyl (C=O) groups excluding carboxylic acids is 1. The summed E-state index contributed by atoms with van der Waals surface area (Å²) in [7, 11) is -3.84. The number of carbonyl (C=O) groups is 1. The van der Waals surface area contributed by atoms with Crippen LogP contribution in [0.3, 0.4) is 0 Å². The van der Waals surface area contributed by atoms with Crippen LogP contribution < -0.4 is 0 Å². The van der Waals surface area contributed by atoms with Gasteiger partial charge in [0, 0.05) is 5.56 Å². The number of tetrazole rings is 1. The van der Waals surface area contributed by atoms with Gasteiger partial charge in [-0.1, -0.05) is 35.9 Å². The summed E-state index contributed by atoms with van der Waals surface area (Å²) in [5, 5.41) is 12.5. The number of hydrogen-bond donors (Lipinski definition) is 0. The third-order valence-electron chi connectivity index (χ3n) is 3.98. The highest BCUT2D eigenvalue weighted by Crippen LogP contribution is 2.29. The fourth-order valence-electron chi connectivity index (χ4n) is 2.72. The fourth-order valence-corrected chi connectivity index (χ4v) is 4.50. The molecular weight excluding hydrogens is 378 g/mol. The molecule has 0 fully saturated rings. The normalized spacial score (nSPS) is 15.3. The van der Waals surface area contributed by atoms with Crippen LogP contribution in [0.25, 0.3) is 11.4 Å². The number of sulfonamides is 1. The van der Waals surface area contributed by atoms with Gasteiger partial charge in [0.15, 0.2) is 0 Å². The Morgan fingerprint density at radius 1 is 0.962 bits per heavy atom. The molecule has 0 radical (unpaired) electrons. The summed E-state index contributed by atoms with van der Waals surface area (Å²) in [6.45, 7) is -0.00935. The van der Waals surface area contributed by atoms with Gasteiger partial charge in [0.2, 0.25) is 5.82 Å². The number of amides is 1. The smallest absolute Gasteiger partial charge is 0.268 e. The summed E-state index contributed by atoms with van der Waals surface area (Å²) in [6.07, 6.45) is 0. The number of benzene rings is 2. The molecule has 10 heteroatoms. The molecule has 132 valence electrons. The van der Waals surface area contributed by atoms with E-state index in [0.717, 1.165) is 4.31 Å². The molecule has 0 saturated heterocycles. The second-order valence-corrected chi connectivity index (χ2v) is 7.81. The molecule has 4 rings (SSSR count). The highest BCUT2D eigenvalue weighted by atomic mass is 35.5. The van der Waals surface area contributed by atoms with E-state index in [4.69, 9.17) is 11.6 Å². The molecule has 0 unspecified atom stereocenters. The van der Waals surface area contributed by atoms with Crippen LogP contribution in [-0.2, 0) is 16.6 Å². The van der Waals surface area contributed by atoms with Gasteiger partial charge < -0.3 is 0 Å². The minimum Gasteiger partial charge on any atom is -0.268 e. The van der Waals surface area contributed by atoms with Gasteiger partial charge in [0.1, 0.15) is 4.90 Å². The number of rotatable bonds is 4. The maximum absolute atomic E-state index is 12.5. The summed E-state index contributed by atoms with van der Waals surface area (Å²) in [5.41, 5.74) is 0.800. The molecule has 26 heavy (non-hydrogen) atoms. The molecule has 0 aliphatic carbocycles. The monoisotopic (exact) mass is 389 g/mol. The predicted octanol–water partition coefficient (Wildman–Crippen LogP) is 1.84. The van der Waals surface area contributed by atoms with Crippen molar-refractivity contribution in [3.05, 3.63) is 59.1 Å². The molecule has 2 heterocycles. The number of halogens is 1. The lowest BCUT2D eigenvalue weighted by atomic mass is 10.2. The topological polar surface area (TPSA) is 98.1 Å². The first-order chi connectivity index (χ1) is 12.5. The zero-order chi connectivity index (χ0) is 18.3. The summed E-state index contributed by atoms with van der Waals surface area (Å²) < 4.78 is 25.8. The lowest BCUT2D eigenvalue weighted by molar-refractivity contribution is 0.0866. The molecule has 1 amide bonds. The van der Waals surface area contributed by atoms with E-state index in [0.29, 0.717) is 16.4 Å². The van der Waals surface area contributed by atoms with Crippen molar-refractivity contribution in [1.29, 1.82) is 0 Å². The van der Waals surface area contributed by atoms with E-state index in [1.165, 1.54) is 16.9 Å². The van der Waals surface area contributed by atoms with Crippen LogP contribution in [-0.4, -0.2) is 45.4 Å². The standard InChI is InChI=1S/C16H12ClN5O3S/c17-13-7-3-1-5-11(13)15-18-20-22(19-15)10-9-21-16(23)12-6-2-4-8-14(12)26(21,24)25/h1-8H,9-10H2. The second kappa shape index (κ2) is 6.19. The maximum Gasteiger partial charge on any atom is 0.269 e. The summed E-state index contributed by atoms with van der Waals surface area (Å²) in [6, 6.07) is 13.2. The Bertz CT molecular complexity index is 1110. The average molecular weight is 390 g/mol. The zero-order valence-electron chi connectivity index (χ0n) is 13.3. The van der Waals surface area contributed by atoms with E-state index in [9.17, 15) is 13.2 Å². The summed E-state index contributed by atoms with van der Waals surface area (Å²) in [5.74, 6) is -0.221. The van der Waals surface area contributed by atoms with Crippen LogP contribution in [0, 0.1) is 0 Å². The lowest BCUT2D eigenvalue weighted by Crippen LogP contribution is -2.33. The molecule has 8 nitrogen and oxygen atoms in total. The Hall–Kier alpha value is -2.78. The van der Waals surface area contributed by atoms with E-state index < -0.39 is 15.9 Å². The molecule has 0 saturated carbocycles. The maximum atomic E-state index is 12.5. The first-order valence-corrected chi connectivity index (χ1v) is 9.49. The molecule has 0 atom stereocenters. The molecule has 1 aliphatic rings. The van der Waals surface area contributed by atoms with Gasteiger partial charge in [0.05, 0.1) is 23.7 Å². The van der Waals surface area contributed by atoms with Crippen molar-refractivity contribution in [1.82, 2.24) is 24.5 Å². The lowest BCUT2D eigenvalue weighted by Gasteiger charge is -2.13. The van der Waals surface area contributed by atoms with Crippen LogP contribution >= 0.6 is 11.6 Å². The minimum atomic E-state index is -3.84. The van der Waals surface area contributed by atoms with Gasteiger partial charge in [-0.3, -0.25) is 4.79 Å². The first kappa shape index (κ1) is 16.7. The van der Waals surface area contributed by atoms with Gasteiger partial charge in [0.25, 0.3) is 15.9 Å². The molecule has 1 aliphatic heterocycles. The third-order valence-corrected chi connectivity index (χ3v) is 6.15. The number of hydrogen-bond acceptors (Lipinski definition) is 6. The first-order valence-electron chi connectivity index (χ1n) is 7.67. The SMILES string of the molecule is O=C1c2ccccc2S(=O)(=O)N1CCn1nnc(-c2ccccc2Cl)n1. The molecule has 0 N–H and O–H groups in total. The van der Waals surface area contributed by atoms with E-state index >= 15 is 0 Å². The van der Waals surface area contributed by atoms with Crippen LogP contribution in [0.15, 0.2) is 53.4 Å². The molecule has 1 aromatic heterocycles. The van der Waals surface area contributed by atoms with Crippen molar-refractivity contribution in [3.63, 3.8) is 0 Å². The molecule has 0 spiro atoms. The molecule has 3 aromatic rings. The summed E-state index contributed by atoms with van der Waals surface area (Å²) in [4.78, 5) is 13.6. The fraction of sp³-hybridized carbons (Fsp3) is 0.125. The zero-order valence-corrected chi connectivity index (χ0v) is 14.9. The Morgan fingerprint density at radius 2 is 1.65 bits per heavy atom. The van der Waals surface area contributed by atoms with Crippen molar-refractivity contribution in [3.8, 4) is 11.4 Å². The van der Waals surface area contributed by atoms with Crippen LogP contribution in [0.1, 0.15) is 10.4 Å². The van der Waals surface area contributed by atoms with Gasteiger partial charge in [-0.25, -0.2) is 12.7 Å². The molecular formula is C16H12ClN5O3S. The van der Waals surface area contributed by atoms with Gasteiger partial charge in [-0.2, -0.15) is 4.80 Å². The number of fused-ring (bicyclic) bond motifs is 1. The van der Waals surface area contributed by atoms with Gasteiger partial charge >= 0.3 is 0 Å². The number of aromatic nitrogens is 4. The van der Waals surface area contributed by atoms with E-state index in [-0.39, 0.29) is 23.5 Å². The van der Waals surface area contributed by atoms with Crippen LogP contribution in [0.5, 0.6) is 0 Å². The minimum absolute atomic E-state index is 0.0216. The van der Waals surface area contributed by atoms with Crippen molar-refractivity contribution in [2.24, 2.45) is 0 Å². The van der Waals surface area contributed by atoms with Gasteiger partial charge in [-0.15, -0.1) is 10.2 Å². The Morgan fingerprint density at radius 3 is 2.38 bits per heavy atom. The second-order valence-electron chi connectivity index (χ2n) is 5.57. The Kier molecular flexibility index (Phi) is 3.97. The van der Waals surface area contributed by atoms with E-state index in [1.54, 1.807) is 36.4 Å². The highest BCUT2D eigenvalue weighted by molar-refractivity contribution is 7.90. The Labute approximate surface area is 154 Å². The van der Waals surface area contributed by atoms with Crippen molar-refractivity contribution in [2.75, 3.05) is 6.54 Å². The van der Waals surface area contributed by atoms with Crippen LogP contribution in [0.4, 0.5) is 0 Å². The Balaban J connectivity index is 1.54. The van der Waals surface area contributed by atoms with Crippen molar-refractivity contribution in [2.45, 2.75) is 11.4 Å². The van der Waals surface area contributed by atoms with Crippen LogP contribution in [0.2, 0.25) is 5.02 Å². The predicted molar refractivity (Wildman–Crippen MR) is 92.9 cm³/mol. The van der Waals surface area contributed by atoms with E-state index in [2.05, 4.69) is 15.4 Å². The van der Waals surface area contributed by atoms with Gasteiger partial charge in [-0.05, 0) is 29.5 Å². The quantitative estimate of drug-likeness (QED) is 0.675. The number of nitrogens with zero attached hydrogens (tertiary/aromatic N) is 5. The molecule has 2 aromatic carbocycles.